The van der Waals surface area contributed by atoms with Gasteiger partial charge in [0, 0.05) is 50.2 Å². The molecule has 1 aliphatic carbocycles. The van der Waals surface area contributed by atoms with Gasteiger partial charge in [-0.1, -0.05) is 49.6 Å². The normalized spacial score (nSPS) is 18.0. The molecule has 1 atom stereocenters. The van der Waals surface area contributed by atoms with Gasteiger partial charge in [-0.2, -0.15) is 0 Å². The van der Waals surface area contributed by atoms with Crippen LogP contribution in [0.1, 0.15) is 89.2 Å². The number of halogens is 1. The molecule has 0 bridgehead atoms. The lowest BCUT2D eigenvalue weighted by atomic mass is 9.87. The summed E-state index contributed by atoms with van der Waals surface area (Å²) in [5.74, 6) is -0.439. The second-order valence-electron chi connectivity index (χ2n) is 12.4. The summed E-state index contributed by atoms with van der Waals surface area (Å²) < 4.78 is 7.15. The fourth-order valence-electron chi connectivity index (χ4n) is 6.13. The third kappa shape index (κ3) is 7.72. The maximum absolute atomic E-state index is 14.3. The van der Waals surface area contributed by atoms with Gasteiger partial charge in [-0.05, 0) is 47.0 Å². The van der Waals surface area contributed by atoms with Gasteiger partial charge in [0.05, 0.1) is 30.6 Å². The highest BCUT2D eigenvalue weighted by atomic mass is 35.5. The Morgan fingerprint density at radius 3 is 2.45 bits per heavy atom. The summed E-state index contributed by atoms with van der Waals surface area (Å²) in [5, 5.41) is 3.42. The summed E-state index contributed by atoms with van der Waals surface area (Å²) in [5.41, 5.74) is 1.63. The summed E-state index contributed by atoms with van der Waals surface area (Å²) in [6.45, 7) is 9.83. The zero-order valence-electron chi connectivity index (χ0n) is 25.8. The van der Waals surface area contributed by atoms with E-state index in [2.05, 4.69) is 22.0 Å². The Morgan fingerprint density at radius 1 is 1.12 bits per heavy atom. The number of hydrogen-bond donors (Lipinski definition) is 1. The van der Waals surface area contributed by atoms with Gasteiger partial charge in [0.15, 0.2) is 5.69 Å². The molecule has 0 spiro atoms. The van der Waals surface area contributed by atoms with Crippen LogP contribution in [-0.2, 0) is 14.3 Å². The van der Waals surface area contributed by atoms with Crippen molar-refractivity contribution < 1.29 is 19.1 Å². The molecular weight excluding hydrogens is 554 g/mol. The zero-order chi connectivity index (χ0) is 29.6. The molecule has 2 fully saturated rings. The average molecular weight is 602 g/mol. The summed E-state index contributed by atoms with van der Waals surface area (Å²) in [4.78, 5) is 48.3. The van der Waals surface area contributed by atoms with Crippen LogP contribution in [0.5, 0.6) is 0 Å². The van der Waals surface area contributed by atoms with E-state index in [-0.39, 0.29) is 48.7 Å². The number of imidazole rings is 1. The van der Waals surface area contributed by atoms with E-state index in [0.717, 1.165) is 24.1 Å². The maximum atomic E-state index is 14.3. The summed E-state index contributed by atoms with van der Waals surface area (Å²) >= 11 is 0. The van der Waals surface area contributed by atoms with E-state index in [4.69, 9.17) is 9.72 Å². The highest BCUT2D eigenvalue weighted by molar-refractivity contribution is 5.98. The van der Waals surface area contributed by atoms with E-state index in [1.54, 1.807) is 13.8 Å². The van der Waals surface area contributed by atoms with Crippen molar-refractivity contribution in [3.05, 3.63) is 42.4 Å². The minimum absolute atomic E-state index is 0. The van der Waals surface area contributed by atoms with Crippen LogP contribution in [-0.4, -0.2) is 82.5 Å². The van der Waals surface area contributed by atoms with E-state index in [1.807, 2.05) is 48.2 Å². The minimum Gasteiger partial charge on any atom is -0.469 e. The number of aromatic nitrogens is 2. The van der Waals surface area contributed by atoms with Gasteiger partial charge >= 0.3 is 5.97 Å². The second-order valence-corrected chi connectivity index (χ2v) is 12.4. The number of piperazine rings is 1. The molecule has 9 nitrogen and oxygen atoms in total. The Hall–Kier alpha value is -2.91. The number of ether oxygens (including phenoxy) is 1. The molecule has 2 amide bonds. The van der Waals surface area contributed by atoms with Crippen molar-refractivity contribution in [2.75, 3.05) is 33.3 Å². The first-order valence-corrected chi connectivity index (χ1v) is 15.2. The van der Waals surface area contributed by atoms with Crippen molar-refractivity contribution in [3.63, 3.8) is 0 Å². The molecular formula is C32H48ClN5O4. The molecule has 1 saturated heterocycles. The molecule has 1 aliphatic heterocycles. The van der Waals surface area contributed by atoms with Crippen LogP contribution < -0.4 is 5.32 Å². The molecule has 0 unspecified atom stereocenters. The summed E-state index contributed by atoms with van der Waals surface area (Å²) in [7, 11) is 1.37. The van der Waals surface area contributed by atoms with Gasteiger partial charge in [-0.25, -0.2) is 4.98 Å². The standard InChI is InChI=1S/C32H47N5O4.ClH/c1-23(2)36(27(38)16-17-32(3,4)31(40)41-5)21-26-20-33-18-19-35(26)30(39)28-29(24-12-8-6-9-13-24)37(22-34-28)25-14-10-7-11-15-25;/h6,8-9,12-13,22-23,25-26,33H,7,10-11,14-21H2,1-5H3;1H/t26-;/m0./s1. The van der Waals surface area contributed by atoms with Crippen molar-refractivity contribution in [2.24, 2.45) is 5.41 Å². The molecule has 10 heteroatoms. The SMILES string of the molecule is COC(=O)C(C)(C)CCC(=O)N(C[C@@H]1CNCCN1C(=O)c1ncn(C2CCCCC2)c1-c1ccccc1)C(C)C.Cl. The first kappa shape index (κ1) is 33.6. The van der Waals surface area contributed by atoms with E-state index in [0.29, 0.717) is 44.3 Å². The van der Waals surface area contributed by atoms with Gasteiger partial charge in [0.2, 0.25) is 5.91 Å². The molecule has 1 aromatic carbocycles. The van der Waals surface area contributed by atoms with Crippen LogP contribution >= 0.6 is 12.4 Å². The Kier molecular flexibility index (Phi) is 12.0. The molecule has 2 aromatic rings. The quantitative estimate of drug-likeness (QED) is 0.380. The van der Waals surface area contributed by atoms with Crippen LogP contribution in [0.3, 0.4) is 0 Å². The maximum Gasteiger partial charge on any atom is 0.311 e. The lowest BCUT2D eigenvalue weighted by Crippen LogP contribution is -2.59. The van der Waals surface area contributed by atoms with Crippen molar-refractivity contribution in [2.45, 2.75) is 90.8 Å². The fourth-order valence-corrected chi connectivity index (χ4v) is 6.13. The molecule has 2 aliphatic rings. The zero-order valence-corrected chi connectivity index (χ0v) is 26.6. The number of hydrogen-bond acceptors (Lipinski definition) is 6. The Balaban J connectivity index is 0.00000484. The number of benzene rings is 1. The Labute approximate surface area is 256 Å². The predicted molar refractivity (Wildman–Crippen MR) is 167 cm³/mol. The van der Waals surface area contributed by atoms with Crippen LogP contribution in [0.15, 0.2) is 36.7 Å². The number of carbonyl (C=O) groups is 3. The van der Waals surface area contributed by atoms with Gasteiger partial charge in [0.25, 0.3) is 5.91 Å². The molecule has 1 aromatic heterocycles. The number of nitrogens with zero attached hydrogens (tertiary/aromatic N) is 4. The number of nitrogens with one attached hydrogen (secondary N) is 1. The number of methoxy groups -OCH3 is 1. The predicted octanol–water partition coefficient (Wildman–Crippen LogP) is 5.11. The molecule has 232 valence electrons. The molecule has 1 N–H and O–H groups in total. The van der Waals surface area contributed by atoms with Gasteiger partial charge in [0.1, 0.15) is 0 Å². The number of amides is 2. The third-order valence-corrected chi connectivity index (χ3v) is 8.68. The van der Waals surface area contributed by atoms with Crippen LogP contribution in [0.2, 0.25) is 0 Å². The van der Waals surface area contributed by atoms with Gasteiger partial charge < -0.3 is 24.4 Å². The van der Waals surface area contributed by atoms with Gasteiger partial charge in [-0.3, -0.25) is 14.4 Å². The van der Waals surface area contributed by atoms with Crippen molar-refractivity contribution in [1.29, 1.82) is 0 Å². The largest absolute Gasteiger partial charge is 0.469 e. The topological polar surface area (TPSA) is 96.8 Å². The van der Waals surface area contributed by atoms with Crippen molar-refractivity contribution in [3.8, 4) is 11.3 Å². The van der Waals surface area contributed by atoms with Crippen molar-refractivity contribution in [1.82, 2.24) is 24.7 Å². The van der Waals surface area contributed by atoms with Gasteiger partial charge in [-0.15, -0.1) is 12.4 Å². The summed E-state index contributed by atoms with van der Waals surface area (Å²) in [6.07, 6.45) is 8.31. The highest BCUT2D eigenvalue weighted by Gasteiger charge is 2.35. The lowest BCUT2D eigenvalue weighted by molar-refractivity contribution is -0.151. The molecule has 4 rings (SSSR count). The van der Waals surface area contributed by atoms with E-state index >= 15 is 0 Å². The summed E-state index contributed by atoms with van der Waals surface area (Å²) in [6, 6.07) is 10.2. The number of esters is 1. The smallest absolute Gasteiger partial charge is 0.311 e. The fraction of sp³-hybridized carbons (Fsp3) is 0.625. The minimum atomic E-state index is -0.744. The Morgan fingerprint density at radius 2 is 1.81 bits per heavy atom. The van der Waals surface area contributed by atoms with E-state index in [9.17, 15) is 14.4 Å². The Bertz CT molecular complexity index is 1190. The third-order valence-electron chi connectivity index (χ3n) is 8.68. The van der Waals surface area contributed by atoms with Crippen LogP contribution in [0, 0.1) is 5.41 Å². The second kappa shape index (κ2) is 15.0. The monoisotopic (exact) mass is 601 g/mol. The number of rotatable bonds is 10. The van der Waals surface area contributed by atoms with E-state index in [1.165, 1.54) is 26.4 Å². The van der Waals surface area contributed by atoms with Crippen LogP contribution in [0.4, 0.5) is 0 Å². The molecule has 0 radical (unpaired) electrons. The highest BCUT2D eigenvalue weighted by Crippen LogP contribution is 2.35. The molecule has 1 saturated carbocycles. The van der Waals surface area contributed by atoms with Crippen LogP contribution in [0.25, 0.3) is 11.3 Å². The number of carbonyl (C=O) groups excluding carboxylic acids is 3. The first-order valence-electron chi connectivity index (χ1n) is 15.2. The first-order chi connectivity index (χ1) is 19.6. The average Bonchev–Trinajstić information content (AvgIpc) is 3.44. The van der Waals surface area contributed by atoms with Crippen molar-refractivity contribution >= 4 is 30.2 Å². The molecule has 42 heavy (non-hydrogen) atoms. The molecule has 2 heterocycles. The lowest BCUT2D eigenvalue weighted by Gasteiger charge is -2.40. The van der Waals surface area contributed by atoms with E-state index < -0.39 is 5.41 Å².